The molecule has 3 aromatic rings. The molecule has 1 heterocycles. The Morgan fingerprint density at radius 1 is 1.04 bits per heavy atom. The van der Waals surface area contributed by atoms with E-state index < -0.39 is 0 Å². The molecule has 0 aliphatic rings. The number of aromatic nitrogens is 2. The third-order valence-electron chi connectivity index (χ3n) is 4.33. The fourth-order valence-electron chi connectivity index (χ4n) is 2.50. The molecule has 0 aliphatic heterocycles. The third kappa shape index (κ3) is 4.63. The van der Waals surface area contributed by atoms with Crippen LogP contribution in [0.3, 0.4) is 0 Å². The van der Waals surface area contributed by atoms with Gasteiger partial charge in [0.1, 0.15) is 0 Å². The van der Waals surface area contributed by atoms with Crippen molar-refractivity contribution in [1.82, 2.24) is 9.97 Å². The normalized spacial score (nSPS) is 10.5. The molecular formula is C21H21ClN4O. The summed E-state index contributed by atoms with van der Waals surface area (Å²) in [6.45, 7) is 5.86. The number of carbonyl (C=O) groups excluding carboxylic acids is 1. The van der Waals surface area contributed by atoms with Crippen LogP contribution in [0.25, 0.3) is 0 Å². The van der Waals surface area contributed by atoms with Crippen molar-refractivity contribution in [1.29, 1.82) is 0 Å². The summed E-state index contributed by atoms with van der Waals surface area (Å²) in [5.74, 6) is 0.770. The van der Waals surface area contributed by atoms with Crippen molar-refractivity contribution in [2.75, 3.05) is 10.6 Å². The molecule has 1 amide bonds. The number of nitrogens with zero attached hydrogens (tertiary/aromatic N) is 2. The first-order valence-electron chi connectivity index (χ1n) is 8.60. The molecule has 0 saturated carbocycles. The summed E-state index contributed by atoms with van der Waals surface area (Å²) in [4.78, 5) is 21.2. The van der Waals surface area contributed by atoms with Gasteiger partial charge in [-0.1, -0.05) is 12.1 Å². The summed E-state index contributed by atoms with van der Waals surface area (Å²) in [7, 11) is 0. The summed E-state index contributed by atoms with van der Waals surface area (Å²) in [5.41, 5.74) is 6.07. The van der Waals surface area contributed by atoms with Crippen LogP contribution in [0, 0.1) is 20.8 Å². The quantitative estimate of drug-likeness (QED) is 0.601. The van der Waals surface area contributed by atoms with Crippen LogP contribution in [0.2, 0.25) is 0 Å². The lowest BCUT2D eigenvalue weighted by Crippen LogP contribution is -2.13. The average Bonchev–Trinajstić information content (AvgIpc) is 2.67. The maximum Gasteiger partial charge on any atom is 0.255 e. The van der Waals surface area contributed by atoms with Gasteiger partial charge in [-0.05, 0) is 67.8 Å². The Bertz CT molecular complexity index is 970. The van der Waals surface area contributed by atoms with Gasteiger partial charge in [-0.2, -0.15) is 0 Å². The number of rotatable bonds is 5. The van der Waals surface area contributed by atoms with Gasteiger partial charge in [-0.25, -0.2) is 9.97 Å². The molecule has 3 rings (SSSR count). The molecule has 0 fully saturated rings. The van der Waals surface area contributed by atoms with Crippen molar-refractivity contribution in [3.63, 3.8) is 0 Å². The van der Waals surface area contributed by atoms with Gasteiger partial charge in [0.05, 0.1) is 0 Å². The number of aryl methyl sites for hydroxylation is 3. The van der Waals surface area contributed by atoms with Crippen LogP contribution < -0.4 is 10.6 Å². The largest absolute Gasteiger partial charge is 0.324 e. The van der Waals surface area contributed by atoms with Crippen LogP contribution in [-0.2, 0) is 5.88 Å². The average molecular weight is 381 g/mol. The predicted molar refractivity (Wildman–Crippen MR) is 110 cm³/mol. The second-order valence-electron chi connectivity index (χ2n) is 6.40. The zero-order valence-electron chi connectivity index (χ0n) is 15.5. The molecular weight excluding hydrogens is 360 g/mol. The highest BCUT2D eigenvalue weighted by molar-refractivity contribution is 6.17. The Hall–Kier alpha value is -2.92. The summed E-state index contributed by atoms with van der Waals surface area (Å²) in [5, 5.41) is 6.08. The molecule has 27 heavy (non-hydrogen) atoms. The molecule has 0 bridgehead atoms. The maximum atomic E-state index is 12.5. The molecule has 0 saturated heterocycles. The minimum atomic E-state index is -0.168. The number of hydrogen-bond donors (Lipinski definition) is 2. The fraction of sp³-hybridized carbons (Fsp3) is 0.190. The summed E-state index contributed by atoms with van der Waals surface area (Å²) >= 11 is 5.88. The van der Waals surface area contributed by atoms with Gasteiger partial charge >= 0.3 is 0 Å². The van der Waals surface area contributed by atoms with Gasteiger partial charge in [0.25, 0.3) is 5.91 Å². The lowest BCUT2D eigenvalue weighted by molar-refractivity contribution is 0.102. The van der Waals surface area contributed by atoms with Crippen LogP contribution in [0.1, 0.15) is 32.7 Å². The van der Waals surface area contributed by atoms with E-state index >= 15 is 0 Å². The molecule has 1 aromatic heterocycles. The Balaban J connectivity index is 1.71. The fourth-order valence-corrected chi connectivity index (χ4v) is 2.67. The van der Waals surface area contributed by atoms with Crippen molar-refractivity contribution < 1.29 is 4.79 Å². The smallest absolute Gasteiger partial charge is 0.255 e. The number of hydrogen-bond acceptors (Lipinski definition) is 4. The highest BCUT2D eigenvalue weighted by Crippen LogP contribution is 2.20. The molecule has 0 spiro atoms. The number of carbonyl (C=O) groups is 1. The highest BCUT2D eigenvalue weighted by atomic mass is 35.5. The number of anilines is 3. The molecule has 0 unspecified atom stereocenters. The van der Waals surface area contributed by atoms with Gasteiger partial charge in [0.2, 0.25) is 5.95 Å². The van der Waals surface area contributed by atoms with Crippen LogP contribution >= 0.6 is 11.6 Å². The topological polar surface area (TPSA) is 66.9 Å². The van der Waals surface area contributed by atoms with E-state index in [4.69, 9.17) is 11.6 Å². The Morgan fingerprint density at radius 3 is 2.44 bits per heavy atom. The first kappa shape index (κ1) is 18.9. The Kier molecular flexibility index (Phi) is 5.72. The lowest BCUT2D eigenvalue weighted by Gasteiger charge is -2.11. The Labute approximate surface area is 163 Å². The number of halogens is 1. The van der Waals surface area contributed by atoms with E-state index in [1.807, 2.05) is 51.1 Å². The van der Waals surface area contributed by atoms with E-state index in [0.717, 1.165) is 33.8 Å². The van der Waals surface area contributed by atoms with E-state index in [0.29, 0.717) is 17.4 Å². The second kappa shape index (κ2) is 8.18. The number of alkyl halides is 1. The molecule has 0 atom stereocenters. The van der Waals surface area contributed by atoms with E-state index in [1.165, 1.54) is 0 Å². The minimum absolute atomic E-state index is 0.168. The molecule has 6 heteroatoms. The van der Waals surface area contributed by atoms with E-state index in [9.17, 15) is 4.79 Å². The third-order valence-corrected chi connectivity index (χ3v) is 4.64. The lowest BCUT2D eigenvalue weighted by atomic mass is 10.1. The van der Waals surface area contributed by atoms with Crippen LogP contribution in [-0.4, -0.2) is 15.9 Å². The number of amides is 1. The van der Waals surface area contributed by atoms with Crippen molar-refractivity contribution >= 4 is 34.8 Å². The van der Waals surface area contributed by atoms with Gasteiger partial charge in [-0.3, -0.25) is 4.79 Å². The van der Waals surface area contributed by atoms with Crippen LogP contribution in [0.5, 0.6) is 0 Å². The highest BCUT2D eigenvalue weighted by Gasteiger charge is 2.09. The van der Waals surface area contributed by atoms with E-state index in [1.54, 1.807) is 18.3 Å². The molecule has 2 aromatic carbocycles. The van der Waals surface area contributed by atoms with Gasteiger partial charge in [-0.15, -0.1) is 11.6 Å². The van der Waals surface area contributed by atoms with Crippen molar-refractivity contribution in [2.45, 2.75) is 26.7 Å². The monoisotopic (exact) mass is 380 g/mol. The standard InChI is InChI=1S/C21H21ClN4O/c1-13-4-5-16(11-22)10-19(13)26-20(27)17-6-8-18(9-7-17)25-21-23-12-14(2)15(3)24-21/h4-10,12H,11H2,1-3H3,(H,26,27)(H,23,24,25). The zero-order chi connectivity index (χ0) is 19.4. The minimum Gasteiger partial charge on any atom is -0.324 e. The molecule has 0 radical (unpaired) electrons. The SMILES string of the molecule is Cc1ccc(CCl)cc1NC(=O)c1ccc(Nc2ncc(C)c(C)n2)cc1. The van der Waals surface area contributed by atoms with Crippen LogP contribution in [0.15, 0.2) is 48.7 Å². The maximum absolute atomic E-state index is 12.5. The molecule has 2 N–H and O–H groups in total. The summed E-state index contributed by atoms with van der Waals surface area (Å²) in [6, 6.07) is 13.0. The van der Waals surface area contributed by atoms with Gasteiger partial charge in [0, 0.05) is 34.7 Å². The second-order valence-corrected chi connectivity index (χ2v) is 6.67. The predicted octanol–water partition coefficient (Wildman–Crippen LogP) is 5.14. The van der Waals surface area contributed by atoms with Crippen LogP contribution in [0.4, 0.5) is 17.3 Å². The first-order valence-corrected chi connectivity index (χ1v) is 9.14. The van der Waals surface area contributed by atoms with E-state index in [-0.39, 0.29) is 5.91 Å². The van der Waals surface area contributed by atoms with E-state index in [2.05, 4.69) is 20.6 Å². The van der Waals surface area contributed by atoms with Gasteiger partial charge < -0.3 is 10.6 Å². The Morgan fingerprint density at radius 2 is 1.78 bits per heavy atom. The van der Waals surface area contributed by atoms with Gasteiger partial charge in [0.15, 0.2) is 0 Å². The molecule has 5 nitrogen and oxygen atoms in total. The van der Waals surface area contributed by atoms with Crippen molar-refractivity contribution in [3.8, 4) is 0 Å². The molecule has 0 aliphatic carbocycles. The van der Waals surface area contributed by atoms with Crippen molar-refractivity contribution in [3.05, 3.63) is 76.6 Å². The number of nitrogens with one attached hydrogen (secondary N) is 2. The van der Waals surface area contributed by atoms with Crippen molar-refractivity contribution in [2.24, 2.45) is 0 Å². The summed E-state index contributed by atoms with van der Waals surface area (Å²) < 4.78 is 0. The first-order chi connectivity index (χ1) is 13.0. The molecule has 138 valence electrons. The zero-order valence-corrected chi connectivity index (χ0v) is 16.3. The summed E-state index contributed by atoms with van der Waals surface area (Å²) in [6.07, 6.45) is 1.78. The number of benzene rings is 2.